The molecule has 3 aromatic rings. The minimum atomic E-state index is -4.70. The highest BCUT2D eigenvalue weighted by Crippen LogP contribution is 2.45. The van der Waals surface area contributed by atoms with E-state index >= 15 is 0 Å². The van der Waals surface area contributed by atoms with Gasteiger partial charge >= 0.3 is 12.2 Å². The lowest BCUT2D eigenvalue weighted by molar-refractivity contribution is -0.147. The number of alkyl halides is 5. The van der Waals surface area contributed by atoms with Gasteiger partial charge in [-0.2, -0.15) is 18.3 Å². The summed E-state index contributed by atoms with van der Waals surface area (Å²) >= 11 is 5.84. The van der Waals surface area contributed by atoms with Gasteiger partial charge in [-0.05, 0) is 13.1 Å². The minimum absolute atomic E-state index is 0.0591. The van der Waals surface area contributed by atoms with Gasteiger partial charge in [0.2, 0.25) is 5.88 Å². The molecule has 2 amide bonds. The molecular formula is C20H17ClF5N7O2. The van der Waals surface area contributed by atoms with E-state index in [-0.39, 0.29) is 39.9 Å². The zero-order chi connectivity index (χ0) is 25.1. The summed E-state index contributed by atoms with van der Waals surface area (Å²) in [5.41, 5.74) is -1.09. The van der Waals surface area contributed by atoms with Crippen LogP contribution in [0.25, 0.3) is 5.65 Å². The van der Waals surface area contributed by atoms with E-state index in [1.165, 1.54) is 12.1 Å². The Morgan fingerprint density at radius 2 is 1.97 bits per heavy atom. The molecule has 2 aliphatic rings. The highest BCUT2D eigenvalue weighted by Gasteiger charge is 2.50. The fourth-order valence-electron chi connectivity index (χ4n) is 4.11. The van der Waals surface area contributed by atoms with E-state index in [0.717, 1.165) is 21.7 Å². The summed E-state index contributed by atoms with van der Waals surface area (Å²) in [6, 6.07) is 2.50. The number of halogens is 6. The van der Waals surface area contributed by atoms with E-state index in [9.17, 15) is 26.7 Å². The molecule has 9 nitrogen and oxygen atoms in total. The van der Waals surface area contributed by atoms with E-state index in [1.807, 2.05) is 11.9 Å². The summed E-state index contributed by atoms with van der Waals surface area (Å²) in [4.78, 5) is 23.6. The molecule has 0 bridgehead atoms. The first-order chi connectivity index (χ1) is 16.5. The molecule has 0 aliphatic carbocycles. The molecule has 1 fully saturated rings. The molecule has 0 radical (unpaired) electrons. The molecular weight excluding hydrogens is 501 g/mol. The van der Waals surface area contributed by atoms with Crippen LogP contribution in [0.4, 0.5) is 38.1 Å². The predicted octanol–water partition coefficient (Wildman–Crippen LogP) is 4.11. The van der Waals surface area contributed by atoms with Crippen molar-refractivity contribution in [1.29, 1.82) is 0 Å². The number of hydrogen-bond acceptors (Lipinski definition) is 6. The molecule has 1 atom stereocenters. The number of ether oxygens (including phenoxy) is 1. The van der Waals surface area contributed by atoms with Crippen LogP contribution in [0.3, 0.4) is 0 Å². The first kappa shape index (κ1) is 23.5. The summed E-state index contributed by atoms with van der Waals surface area (Å²) < 4.78 is 74.9. The first-order valence-corrected chi connectivity index (χ1v) is 10.7. The van der Waals surface area contributed by atoms with E-state index in [0.29, 0.717) is 13.1 Å². The Morgan fingerprint density at radius 1 is 1.23 bits per heavy atom. The summed E-state index contributed by atoms with van der Waals surface area (Å²) in [6.45, 7) is 0.392. The molecule has 0 saturated carbocycles. The number of urea groups is 1. The third-order valence-corrected chi connectivity index (χ3v) is 5.90. The number of rotatable bonds is 4. The Bertz CT molecular complexity index is 1290. The van der Waals surface area contributed by atoms with Crippen molar-refractivity contribution in [2.75, 3.05) is 36.9 Å². The van der Waals surface area contributed by atoms with Crippen LogP contribution in [-0.2, 0) is 0 Å². The van der Waals surface area contributed by atoms with Gasteiger partial charge in [0.25, 0.3) is 6.43 Å². The number of anilines is 2. The Hall–Kier alpha value is -3.26. The lowest BCUT2D eigenvalue weighted by Gasteiger charge is -2.35. The number of pyridine rings is 1. The van der Waals surface area contributed by atoms with E-state index < -0.39 is 36.8 Å². The lowest BCUT2D eigenvalue weighted by atomic mass is 10.1. The zero-order valence-electron chi connectivity index (χ0n) is 17.9. The fourth-order valence-corrected chi connectivity index (χ4v) is 4.29. The second-order valence-electron chi connectivity index (χ2n) is 8.28. The number of fused-ring (bicyclic) bond motifs is 3. The van der Waals surface area contributed by atoms with Gasteiger partial charge in [-0.1, -0.05) is 11.6 Å². The zero-order valence-corrected chi connectivity index (χ0v) is 18.7. The Morgan fingerprint density at radius 3 is 2.63 bits per heavy atom. The monoisotopic (exact) mass is 517 g/mol. The number of carbonyl (C=O) groups is 1. The number of hydrogen-bond donors (Lipinski definition) is 1. The lowest BCUT2D eigenvalue weighted by Crippen LogP contribution is -2.51. The number of aromatic nitrogens is 4. The van der Waals surface area contributed by atoms with Gasteiger partial charge in [0, 0.05) is 37.5 Å². The van der Waals surface area contributed by atoms with Crippen molar-refractivity contribution in [2.45, 2.75) is 24.6 Å². The maximum atomic E-state index is 13.9. The van der Waals surface area contributed by atoms with Crippen LogP contribution in [0.2, 0.25) is 5.15 Å². The molecule has 15 heteroatoms. The number of nitrogens with zero attached hydrogens (tertiary/aromatic N) is 6. The summed E-state index contributed by atoms with van der Waals surface area (Å²) in [5, 5.41) is 6.18. The van der Waals surface area contributed by atoms with Gasteiger partial charge < -0.3 is 10.1 Å². The normalized spacial score (nSPS) is 18.7. The second kappa shape index (κ2) is 8.45. The van der Waals surface area contributed by atoms with Crippen LogP contribution in [0, 0.1) is 0 Å². The molecule has 35 heavy (non-hydrogen) atoms. The third-order valence-electron chi connectivity index (χ3n) is 5.71. The fraction of sp³-hybridized carbons (Fsp3) is 0.400. The van der Waals surface area contributed by atoms with Crippen LogP contribution in [0.5, 0.6) is 5.88 Å². The molecule has 186 valence electrons. The molecule has 5 rings (SSSR count). The maximum Gasteiger partial charge on any atom is 0.399 e. The van der Waals surface area contributed by atoms with E-state index in [1.54, 1.807) is 0 Å². The Kier molecular flexibility index (Phi) is 5.67. The van der Waals surface area contributed by atoms with Crippen molar-refractivity contribution < 1.29 is 31.5 Å². The van der Waals surface area contributed by atoms with Gasteiger partial charge in [0.15, 0.2) is 10.8 Å². The second-order valence-corrected chi connectivity index (χ2v) is 8.67. The molecule has 3 aromatic heterocycles. The van der Waals surface area contributed by atoms with Crippen molar-refractivity contribution >= 4 is 34.7 Å². The van der Waals surface area contributed by atoms with Gasteiger partial charge in [-0.3, -0.25) is 9.80 Å². The quantitative estimate of drug-likeness (QED) is 0.524. The average Bonchev–Trinajstić information content (AvgIpc) is 3.32. The summed E-state index contributed by atoms with van der Waals surface area (Å²) in [5.74, 6) is -2.19. The topological polar surface area (TPSA) is 87.9 Å². The average molecular weight is 518 g/mol. The molecule has 2 aliphatic heterocycles. The maximum absolute atomic E-state index is 13.9. The molecule has 1 unspecified atom stereocenters. The molecule has 0 aromatic carbocycles. The number of amides is 2. The van der Waals surface area contributed by atoms with Gasteiger partial charge in [-0.15, -0.1) is 0 Å². The van der Waals surface area contributed by atoms with E-state index in [4.69, 9.17) is 16.3 Å². The van der Waals surface area contributed by atoms with Crippen LogP contribution in [0.1, 0.15) is 23.7 Å². The predicted molar refractivity (Wildman–Crippen MR) is 114 cm³/mol. The van der Waals surface area contributed by atoms with Crippen molar-refractivity contribution in [1.82, 2.24) is 24.5 Å². The Labute approximate surface area is 199 Å². The summed E-state index contributed by atoms with van der Waals surface area (Å²) in [7, 11) is 1.86. The van der Waals surface area contributed by atoms with Crippen LogP contribution < -0.4 is 15.0 Å². The highest BCUT2D eigenvalue weighted by atomic mass is 35.5. The van der Waals surface area contributed by atoms with Crippen molar-refractivity contribution in [3.63, 3.8) is 0 Å². The highest BCUT2D eigenvalue weighted by molar-refractivity contribution is 6.29. The van der Waals surface area contributed by atoms with Crippen molar-refractivity contribution in [3.05, 3.63) is 40.9 Å². The van der Waals surface area contributed by atoms with Crippen LogP contribution in [0.15, 0.2) is 24.4 Å². The van der Waals surface area contributed by atoms with Gasteiger partial charge in [0.1, 0.15) is 17.7 Å². The van der Waals surface area contributed by atoms with Crippen molar-refractivity contribution in [2.24, 2.45) is 0 Å². The SMILES string of the molecule is CN1CC(Oc2cc(NC(=O)N3CC(C(F)(F)F)c4c3cnc3cc(Cl)nn43)cc(C(F)F)n2)C1. The first-order valence-electron chi connectivity index (χ1n) is 10.3. The molecule has 1 saturated heterocycles. The number of likely N-dealkylation sites (tertiary alicyclic amines) is 1. The standard InChI is InChI=1S/C20H17ClF5N7O2/c1-31-6-10(7-31)35-16-3-9(2-12(29-16)18(22)23)28-19(34)32-8-11(20(24,25)26)17-13(32)5-27-15-4-14(21)30-33(15)17/h2-5,10-11,18H,6-8H2,1H3,(H,28,29,34). The molecule has 0 spiro atoms. The van der Waals surface area contributed by atoms with Gasteiger partial charge in [-0.25, -0.2) is 28.1 Å². The largest absolute Gasteiger partial charge is 0.472 e. The third kappa shape index (κ3) is 4.43. The number of carbonyl (C=O) groups excluding carboxylic acids is 1. The van der Waals surface area contributed by atoms with Crippen LogP contribution in [-0.4, -0.2) is 69.5 Å². The Balaban J connectivity index is 1.45. The van der Waals surface area contributed by atoms with Gasteiger partial charge in [0.05, 0.1) is 17.6 Å². The summed E-state index contributed by atoms with van der Waals surface area (Å²) in [6.07, 6.45) is -6.79. The number of likely N-dealkylation sites (N-methyl/N-ethyl adjacent to an activating group) is 1. The smallest absolute Gasteiger partial charge is 0.399 e. The minimum Gasteiger partial charge on any atom is -0.472 e. The molecule has 1 N–H and O–H groups in total. The molecule has 5 heterocycles. The van der Waals surface area contributed by atoms with Crippen molar-refractivity contribution in [3.8, 4) is 5.88 Å². The van der Waals surface area contributed by atoms with E-state index in [2.05, 4.69) is 20.4 Å². The number of nitrogens with one attached hydrogen (secondary N) is 1. The van der Waals surface area contributed by atoms with Crippen LogP contribution >= 0.6 is 11.6 Å².